The molecule has 0 fully saturated rings. The Bertz CT molecular complexity index is 3050. The van der Waals surface area contributed by atoms with Crippen molar-refractivity contribution in [3.63, 3.8) is 0 Å². The Morgan fingerprint density at radius 2 is 0.964 bits per heavy atom. The Balaban J connectivity index is 1.02. The minimum absolute atomic E-state index is 0.908. The maximum absolute atomic E-state index is 6.42. The second-order valence-corrected chi connectivity index (χ2v) is 15.2. The average molecular weight is 720 g/mol. The Labute approximate surface area is 322 Å². The number of rotatable bonds is 6. The summed E-state index contributed by atoms with van der Waals surface area (Å²) < 4.78 is 9.06. The van der Waals surface area contributed by atoms with Crippen molar-refractivity contribution in [1.29, 1.82) is 0 Å². The van der Waals surface area contributed by atoms with Crippen LogP contribution in [0, 0.1) is 0 Å². The molecule has 2 nitrogen and oxygen atoms in total. The molecule has 11 aromatic rings. The van der Waals surface area contributed by atoms with Crippen LogP contribution in [0.15, 0.2) is 205 Å². The molecule has 55 heavy (non-hydrogen) atoms. The zero-order valence-electron chi connectivity index (χ0n) is 29.8. The summed E-state index contributed by atoms with van der Waals surface area (Å²) in [4.78, 5) is 2.36. The van der Waals surface area contributed by atoms with Crippen LogP contribution in [0.2, 0.25) is 0 Å². The summed E-state index contributed by atoms with van der Waals surface area (Å²) in [7, 11) is 0. The first kappa shape index (κ1) is 31.6. The molecule has 0 amide bonds. The highest BCUT2D eigenvalue weighted by Crippen LogP contribution is 2.43. The van der Waals surface area contributed by atoms with Gasteiger partial charge in [-0.05, 0) is 93.2 Å². The van der Waals surface area contributed by atoms with E-state index in [-0.39, 0.29) is 0 Å². The largest absolute Gasteiger partial charge is 0.455 e. The molecule has 11 rings (SSSR count). The smallest absolute Gasteiger partial charge is 0.143 e. The molecule has 0 aliphatic heterocycles. The van der Waals surface area contributed by atoms with E-state index in [9.17, 15) is 0 Å². The van der Waals surface area contributed by atoms with Crippen molar-refractivity contribution >= 4 is 81.3 Å². The highest BCUT2D eigenvalue weighted by molar-refractivity contribution is 7.26. The maximum Gasteiger partial charge on any atom is 0.143 e. The second kappa shape index (κ2) is 12.9. The van der Waals surface area contributed by atoms with Crippen LogP contribution in [0.25, 0.3) is 86.3 Å². The van der Waals surface area contributed by atoms with Crippen LogP contribution in [-0.4, -0.2) is 0 Å². The summed E-state index contributed by atoms with van der Waals surface area (Å²) in [6, 6.07) is 72.2. The monoisotopic (exact) mass is 719 g/mol. The van der Waals surface area contributed by atoms with Crippen molar-refractivity contribution in [2.24, 2.45) is 0 Å². The SMILES string of the molecule is c1cc(-c2ccc3ccccc3c2)cc(N(c2ccc(-c3cccc4c3oc3ccccc34)cc2)c2ccc(-c3cccc4c3sc3ccccc34)cc2)c1. The third-order valence-electron chi connectivity index (χ3n) is 10.9. The van der Waals surface area contributed by atoms with Crippen LogP contribution in [0.5, 0.6) is 0 Å². The molecule has 258 valence electrons. The molecule has 0 aliphatic rings. The van der Waals surface area contributed by atoms with Gasteiger partial charge in [-0.2, -0.15) is 0 Å². The Hall–Kier alpha value is -6.94. The quantitative estimate of drug-likeness (QED) is 0.170. The van der Waals surface area contributed by atoms with Crippen molar-refractivity contribution in [2.45, 2.75) is 0 Å². The van der Waals surface area contributed by atoms with E-state index in [1.807, 2.05) is 23.5 Å². The number of fused-ring (bicyclic) bond motifs is 7. The molecule has 0 saturated carbocycles. The van der Waals surface area contributed by atoms with Gasteiger partial charge in [0.05, 0.1) is 0 Å². The normalized spacial score (nSPS) is 11.6. The first-order valence-electron chi connectivity index (χ1n) is 18.7. The Kier molecular flexibility index (Phi) is 7.39. The average Bonchev–Trinajstić information content (AvgIpc) is 3.83. The van der Waals surface area contributed by atoms with Crippen molar-refractivity contribution < 1.29 is 4.42 Å². The van der Waals surface area contributed by atoms with E-state index >= 15 is 0 Å². The zero-order chi connectivity index (χ0) is 36.3. The number of benzene rings is 9. The van der Waals surface area contributed by atoms with Crippen LogP contribution in [-0.2, 0) is 0 Å². The summed E-state index contributed by atoms with van der Waals surface area (Å²) in [5.41, 5.74) is 12.1. The molecule has 0 atom stereocenters. The summed E-state index contributed by atoms with van der Waals surface area (Å²) >= 11 is 1.87. The third kappa shape index (κ3) is 5.40. The third-order valence-corrected chi connectivity index (χ3v) is 12.1. The Morgan fingerprint density at radius 3 is 1.78 bits per heavy atom. The van der Waals surface area contributed by atoms with Gasteiger partial charge in [-0.1, -0.05) is 146 Å². The standard InChI is InChI=1S/C52H33NOS/c1-2-11-37-32-39(23-22-34(37)10-1)38-12-7-13-42(33-38)53(40-28-24-35(25-29-40)43-16-8-18-47-45-14-3-5-20-49(45)54-51(43)47)41-30-26-36(27-31-41)44-17-9-19-48-46-15-4-6-21-50(46)55-52(44)48/h1-33H. The topological polar surface area (TPSA) is 16.4 Å². The van der Waals surface area contributed by atoms with Gasteiger partial charge < -0.3 is 9.32 Å². The van der Waals surface area contributed by atoms with Crippen LogP contribution in [0.1, 0.15) is 0 Å². The lowest BCUT2D eigenvalue weighted by molar-refractivity contribution is 0.670. The van der Waals surface area contributed by atoms with Crippen molar-refractivity contribution in [3.8, 4) is 33.4 Å². The number of hydrogen-bond acceptors (Lipinski definition) is 3. The number of furan rings is 1. The molecular formula is C52H33NOS. The van der Waals surface area contributed by atoms with Gasteiger partial charge in [0.25, 0.3) is 0 Å². The molecule has 0 spiro atoms. The molecule has 0 bridgehead atoms. The predicted octanol–water partition coefficient (Wildman–Crippen LogP) is 15.6. The molecule has 2 aromatic heterocycles. The fourth-order valence-corrected chi connectivity index (χ4v) is 9.41. The maximum atomic E-state index is 6.42. The van der Waals surface area contributed by atoms with E-state index < -0.39 is 0 Å². The summed E-state index contributed by atoms with van der Waals surface area (Å²) in [5, 5.41) is 7.39. The van der Waals surface area contributed by atoms with Gasteiger partial charge in [-0.25, -0.2) is 0 Å². The molecule has 0 unspecified atom stereocenters. The molecular weight excluding hydrogens is 687 g/mol. The summed E-state index contributed by atoms with van der Waals surface area (Å²) in [5.74, 6) is 0. The van der Waals surface area contributed by atoms with Gasteiger partial charge >= 0.3 is 0 Å². The van der Waals surface area contributed by atoms with E-state index in [0.29, 0.717) is 0 Å². The fraction of sp³-hybridized carbons (Fsp3) is 0. The van der Waals surface area contributed by atoms with Gasteiger partial charge in [0.15, 0.2) is 0 Å². The minimum Gasteiger partial charge on any atom is -0.455 e. The predicted molar refractivity (Wildman–Crippen MR) is 235 cm³/mol. The highest BCUT2D eigenvalue weighted by atomic mass is 32.1. The first-order chi connectivity index (χ1) is 27.2. The highest BCUT2D eigenvalue weighted by Gasteiger charge is 2.17. The van der Waals surface area contributed by atoms with Gasteiger partial charge in [0.2, 0.25) is 0 Å². The molecule has 0 N–H and O–H groups in total. The van der Waals surface area contributed by atoms with E-state index in [1.165, 1.54) is 53.2 Å². The van der Waals surface area contributed by atoms with Crippen molar-refractivity contribution in [2.75, 3.05) is 4.90 Å². The zero-order valence-corrected chi connectivity index (χ0v) is 30.6. The first-order valence-corrected chi connectivity index (χ1v) is 19.5. The van der Waals surface area contributed by atoms with Gasteiger partial charge in [0, 0.05) is 53.6 Å². The fourth-order valence-electron chi connectivity index (χ4n) is 8.17. The lowest BCUT2D eigenvalue weighted by Gasteiger charge is -2.26. The van der Waals surface area contributed by atoms with Gasteiger partial charge in [0.1, 0.15) is 11.2 Å². The van der Waals surface area contributed by atoms with E-state index in [0.717, 1.165) is 50.1 Å². The molecule has 0 saturated heterocycles. The lowest BCUT2D eigenvalue weighted by Crippen LogP contribution is -2.10. The lowest BCUT2D eigenvalue weighted by atomic mass is 9.99. The number of thiophene rings is 1. The number of hydrogen-bond donors (Lipinski definition) is 0. The summed E-state index contributed by atoms with van der Waals surface area (Å²) in [6.07, 6.45) is 0. The van der Waals surface area contributed by atoms with Gasteiger partial charge in [-0.15, -0.1) is 11.3 Å². The van der Waals surface area contributed by atoms with E-state index in [1.54, 1.807) is 0 Å². The van der Waals surface area contributed by atoms with E-state index in [2.05, 4.69) is 193 Å². The summed E-state index contributed by atoms with van der Waals surface area (Å²) in [6.45, 7) is 0. The molecule has 0 aliphatic carbocycles. The number of anilines is 3. The molecule has 9 aromatic carbocycles. The molecule has 2 heterocycles. The van der Waals surface area contributed by atoms with Crippen LogP contribution in [0.4, 0.5) is 17.1 Å². The molecule has 3 heteroatoms. The van der Waals surface area contributed by atoms with Crippen molar-refractivity contribution in [3.05, 3.63) is 200 Å². The van der Waals surface area contributed by atoms with Crippen LogP contribution < -0.4 is 4.90 Å². The van der Waals surface area contributed by atoms with Crippen molar-refractivity contribution in [1.82, 2.24) is 0 Å². The molecule has 0 radical (unpaired) electrons. The number of nitrogens with zero attached hydrogens (tertiary/aromatic N) is 1. The Morgan fingerprint density at radius 1 is 0.364 bits per heavy atom. The van der Waals surface area contributed by atoms with Crippen LogP contribution in [0.3, 0.4) is 0 Å². The van der Waals surface area contributed by atoms with Crippen LogP contribution >= 0.6 is 11.3 Å². The number of para-hydroxylation sites is 2. The van der Waals surface area contributed by atoms with Gasteiger partial charge in [-0.3, -0.25) is 0 Å². The second-order valence-electron chi connectivity index (χ2n) is 14.1. The minimum atomic E-state index is 0.908. The van der Waals surface area contributed by atoms with E-state index in [4.69, 9.17) is 4.42 Å².